The van der Waals surface area contributed by atoms with E-state index >= 15 is 0 Å². The van der Waals surface area contributed by atoms with Gasteiger partial charge < -0.3 is 5.32 Å². The number of hydrogen-bond donors (Lipinski definition) is 1. The zero-order valence-electron chi connectivity index (χ0n) is 12.9. The van der Waals surface area contributed by atoms with E-state index < -0.39 is 10.8 Å². The normalized spacial score (nSPS) is 13.4. The van der Waals surface area contributed by atoms with Gasteiger partial charge in [0.05, 0.1) is 0 Å². The number of hydrogen-bond acceptors (Lipinski definition) is 2. The molecule has 3 nitrogen and oxygen atoms in total. The van der Waals surface area contributed by atoms with Crippen LogP contribution >= 0.6 is 0 Å². The predicted octanol–water partition coefficient (Wildman–Crippen LogP) is 3.08. The number of nitrogens with one attached hydrogen (secondary N) is 1. The van der Waals surface area contributed by atoms with E-state index in [4.69, 9.17) is 0 Å². The van der Waals surface area contributed by atoms with Crippen molar-refractivity contribution in [2.75, 3.05) is 12.8 Å². The van der Waals surface area contributed by atoms with E-state index in [1.165, 1.54) is 18.1 Å². The highest BCUT2D eigenvalue weighted by Gasteiger charge is 2.14. The monoisotopic (exact) mass is 315 g/mol. The molecule has 0 aromatic heterocycles. The Morgan fingerprint density at radius 2 is 1.64 bits per heavy atom. The van der Waals surface area contributed by atoms with Crippen LogP contribution in [-0.2, 0) is 15.6 Å². The molecule has 0 radical (unpaired) electrons. The van der Waals surface area contributed by atoms with Crippen LogP contribution in [0.25, 0.3) is 0 Å². The van der Waals surface area contributed by atoms with Crippen LogP contribution in [0.4, 0.5) is 0 Å². The minimum atomic E-state index is -0.963. The largest absolute Gasteiger partial charge is 0.356 e. The highest BCUT2D eigenvalue weighted by Crippen LogP contribution is 2.28. The molecule has 0 aliphatic rings. The average molecular weight is 315 g/mol. The molecule has 2 aromatic rings. The number of amides is 1. The summed E-state index contributed by atoms with van der Waals surface area (Å²) in [6.07, 6.45) is 2.51. The van der Waals surface area contributed by atoms with E-state index in [2.05, 4.69) is 17.4 Å². The zero-order chi connectivity index (χ0) is 15.9. The molecule has 0 saturated carbocycles. The van der Waals surface area contributed by atoms with Crippen LogP contribution in [0.3, 0.4) is 0 Å². The first-order valence-corrected chi connectivity index (χ1v) is 8.86. The molecular weight excluding hydrogens is 294 g/mol. The maximum Gasteiger partial charge on any atom is 0.216 e. The third kappa shape index (κ3) is 4.53. The summed E-state index contributed by atoms with van der Waals surface area (Å²) in [7, 11) is -0.963. The van der Waals surface area contributed by atoms with Crippen molar-refractivity contribution in [1.82, 2.24) is 5.32 Å². The Hall–Kier alpha value is -1.94. The van der Waals surface area contributed by atoms with Crippen LogP contribution in [-0.4, -0.2) is 22.9 Å². The van der Waals surface area contributed by atoms with Gasteiger partial charge in [-0.1, -0.05) is 42.5 Å². The minimum Gasteiger partial charge on any atom is -0.356 e. The highest BCUT2D eigenvalue weighted by atomic mass is 32.2. The van der Waals surface area contributed by atoms with Crippen LogP contribution in [0.5, 0.6) is 0 Å². The fourth-order valence-corrected chi connectivity index (χ4v) is 3.01. The van der Waals surface area contributed by atoms with Gasteiger partial charge in [-0.2, -0.15) is 0 Å². The van der Waals surface area contributed by atoms with Gasteiger partial charge in [-0.25, -0.2) is 0 Å². The van der Waals surface area contributed by atoms with Crippen molar-refractivity contribution in [3.8, 4) is 0 Å². The maximum absolute atomic E-state index is 11.5. The van der Waals surface area contributed by atoms with Crippen molar-refractivity contribution in [3.63, 3.8) is 0 Å². The predicted molar refractivity (Wildman–Crippen MR) is 90.4 cm³/mol. The molecule has 2 rings (SSSR count). The first-order valence-electron chi connectivity index (χ1n) is 7.30. The summed E-state index contributed by atoms with van der Waals surface area (Å²) in [5.41, 5.74) is 2.39. The van der Waals surface area contributed by atoms with Crippen LogP contribution < -0.4 is 5.32 Å². The summed E-state index contributed by atoms with van der Waals surface area (Å²) in [5.74, 6) is 0.205. The van der Waals surface area contributed by atoms with Crippen LogP contribution in [0.1, 0.15) is 30.4 Å². The fraction of sp³-hybridized carbons (Fsp3) is 0.278. The second kappa shape index (κ2) is 7.90. The Balaban J connectivity index is 2.23. The molecule has 116 valence electrons. The molecule has 1 amide bonds. The van der Waals surface area contributed by atoms with Crippen molar-refractivity contribution in [3.05, 3.63) is 65.7 Å². The molecule has 0 spiro atoms. The van der Waals surface area contributed by atoms with E-state index in [9.17, 15) is 9.00 Å². The summed E-state index contributed by atoms with van der Waals surface area (Å²) >= 11 is 0. The van der Waals surface area contributed by atoms with E-state index in [1.807, 2.05) is 42.5 Å². The lowest BCUT2D eigenvalue weighted by atomic mass is 9.88. The molecule has 0 aliphatic heterocycles. The van der Waals surface area contributed by atoms with Gasteiger partial charge in [-0.05, 0) is 29.7 Å². The molecule has 22 heavy (non-hydrogen) atoms. The maximum atomic E-state index is 11.5. The molecule has 0 saturated heterocycles. The molecule has 0 unspecified atom stereocenters. The molecule has 0 bridgehead atoms. The van der Waals surface area contributed by atoms with E-state index in [0.717, 1.165) is 11.3 Å². The van der Waals surface area contributed by atoms with Crippen LogP contribution in [0, 0.1) is 0 Å². The average Bonchev–Trinajstić information content (AvgIpc) is 2.52. The van der Waals surface area contributed by atoms with Gasteiger partial charge in [0.15, 0.2) is 0 Å². The molecule has 2 atom stereocenters. The minimum absolute atomic E-state index is 0.0106. The van der Waals surface area contributed by atoms with Gasteiger partial charge in [-0.3, -0.25) is 9.00 Å². The fourth-order valence-electron chi connectivity index (χ4n) is 2.50. The Morgan fingerprint density at radius 3 is 2.18 bits per heavy atom. The number of carbonyl (C=O) groups is 1. The topological polar surface area (TPSA) is 46.2 Å². The molecule has 0 aliphatic carbocycles. The number of carbonyl (C=O) groups excluding carboxylic acids is 1. The lowest BCUT2D eigenvalue weighted by molar-refractivity contribution is -0.118. The van der Waals surface area contributed by atoms with Crippen molar-refractivity contribution in [2.45, 2.75) is 24.2 Å². The highest BCUT2D eigenvalue weighted by molar-refractivity contribution is 7.84. The Kier molecular flexibility index (Phi) is 5.90. The third-order valence-electron chi connectivity index (χ3n) is 3.62. The second-order valence-corrected chi connectivity index (χ2v) is 6.64. The molecule has 2 aromatic carbocycles. The SMILES string of the molecule is CC(=O)NCC[C@H](c1ccccc1)c1ccc([S@](C)=O)cc1. The van der Waals surface area contributed by atoms with E-state index in [0.29, 0.717) is 6.54 Å². The van der Waals surface area contributed by atoms with Gasteiger partial charge in [0.25, 0.3) is 0 Å². The standard InChI is InChI=1S/C18H21NO2S/c1-14(20)19-13-12-18(15-6-4-3-5-7-15)16-8-10-17(11-9-16)22(2)21/h3-11,18H,12-13H2,1-2H3,(H,19,20)/t18-,22+/m1/s1. The van der Waals surface area contributed by atoms with Gasteiger partial charge in [0, 0.05) is 41.3 Å². The lowest BCUT2D eigenvalue weighted by Crippen LogP contribution is -2.22. The third-order valence-corrected chi connectivity index (χ3v) is 4.56. The molecular formula is C18H21NO2S. The smallest absolute Gasteiger partial charge is 0.216 e. The number of benzene rings is 2. The van der Waals surface area contributed by atoms with Crippen LogP contribution in [0.15, 0.2) is 59.5 Å². The Morgan fingerprint density at radius 1 is 1.05 bits per heavy atom. The quantitative estimate of drug-likeness (QED) is 0.890. The molecule has 0 heterocycles. The summed E-state index contributed by atoms with van der Waals surface area (Å²) in [6.45, 7) is 2.17. The Labute approximate surface area is 134 Å². The van der Waals surface area contributed by atoms with Crippen molar-refractivity contribution in [1.29, 1.82) is 0 Å². The summed E-state index contributed by atoms with van der Waals surface area (Å²) < 4.78 is 11.5. The molecule has 0 fully saturated rings. The van der Waals surface area contributed by atoms with Crippen molar-refractivity contribution in [2.24, 2.45) is 0 Å². The van der Waals surface area contributed by atoms with Gasteiger partial charge in [-0.15, -0.1) is 0 Å². The van der Waals surface area contributed by atoms with Gasteiger partial charge >= 0.3 is 0 Å². The van der Waals surface area contributed by atoms with Crippen molar-refractivity contribution >= 4 is 16.7 Å². The summed E-state index contributed by atoms with van der Waals surface area (Å²) in [4.78, 5) is 11.9. The first-order chi connectivity index (χ1) is 10.6. The van der Waals surface area contributed by atoms with E-state index in [1.54, 1.807) is 6.26 Å². The Bertz CT molecular complexity index is 638. The summed E-state index contributed by atoms with van der Waals surface area (Å²) in [5, 5.41) is 2.86. The van der Waals surface area contributed by atoms with Crippen LogP contribution in [0.2, 0.25) is 0 Å². The van der Waals surface area contributed by atoms with Gasteiger partial charge in [0.1, 0.15) is 0 Å². The summed E-state index contributed by atoms with van der Waals surface area (Å²) in [6, 6.07) is 18.1. The zero-order valence-corrected chi connectivity index (χ0v) is 13.7. The lowest BCUT2D eigenvalue weighted by Gasteiger charge is -2.18. The first kappa shape index (κ1) is 16.4. The molecule has 4 heteroatoms. The van der Waals surface area contributed by atoms with E-state index in [-0.39, 0.29) is 11.8 Å². The molecule has 1 N–H and O–H groups in total. The number of rotatable bonds is 6. The van der Waals surface area contributed by atoms with Gasteiger partial charge in [0.2, 0.25) is 5.91 Å². The second-order valence-electron chi connectivity index (χ2n) is 5.26. The van der Waals surface area contributed by atoms with Crippen molar-refractivity contribution < 1.29 is 9.00 Å².